The number of terminal acetylenes is 1. The molecule has 214 valence electrons. The maximum Gasteiger partial charge on any atom is 1.00 e. The van der Waals surface area contributed by atoms with Gasteiger partial charge in [0.1, 0.15) is 6.61 Å². The average molecular weight is 599 g/mol. The maximum absolute atomic E-state index is 11.9. The zero-order valence-corrected chi connectivity index (χ0v) is 27.4. The van der Waals surface area contributed by atoms with Crippen LogP contribution >= 0.6 is 21.3 Å². The Morgan fingerprint density at radius 3 is 1.84 bits per heavy atom. The Labute approximate surface area is 295 Å². The molecular weight excluding hydrogens is 549 g/mol. The second kappa shape index (κ2) is 29.9. The predicted molar refractivity (Wildman–Crippen MR) is 161 cm³/mol. The molecule has 0 aromatic rings. The van der Waals surface area contributed by atoms with E-state index in [2.05, 4.69) is 82.5 Å². The summed E-state index contributed by atoms with van der Waals surface area (Å²) in [6, 6.07) is 0. The smallest absolute Gasteiger partial charge is 0.790 e. The predicted octanol–water partition coefficient (Wildman–Crippen LogP) is -2.38. The van der Waals surface area contributed by atoms with Crippen molar-refractivity contribution >= 4 is 33.3 Å². The normalized spacial score (nSPS) is 8.68. The number of esters is 2. The van der Waals surface area contributed by atoms with E-state index in [-0.39, 0.29) is 97.6 Å². The first-order valence-electron chi connectivity index (χ1n) is 10.3. The van der Waals surface area contributed by atoms with Crippen LogP contribution in [0.15, 0.2) is 0 Å². The van der Waals surface area contributed by atoms with Crippen molar-refractivity contribution in [3.05, 3.63) is 0 Å². The summed E-state index contributed by atoms with van der Waals surface area (Å²) < 4.78 is 24.7. The van der Waals surface area contributed by atoms with Gasteiger partial charge in [0.05, 0.1) is 14.4 Å². The number of phosphoric ester groups is 1. The van der Waals surface area contributed by atoms with Crippen LogP contribution in [0.2, 0.25) is 0 Å². The second-order valence-corrected chi connectivity index (χ2v) is 7.41. The Hall–Kier alpha value is -1.68. The molecule has 0 heterocycles. The van der Waals surface area contributed by atoms with Gasteiger partial charge in [0.2, 0.25) is 0 Å². The topological polar surface area (TPSA) is 125 Å². The van der Waals surface area contributed by atoms with Crippen molar-refractivity contribution in [2.24, 2.45) is 0 Å². The van der Waals surface area contributed by atoms with Gasteiger partial charge < -0.3 is 28.3 Å². The van der Waals surface area contributed by atoms with Gasteiger partial charge in [-0.3, -0.25) is 4.79 Å². The molecule has 0 saturated heterocycles. The Bertz CT molecular complexity index is 1240. The number of carbonyl (C=O) groups excluding carboxylic acids is 2. The molecular formula is C26H49Na2O8PS. The van der Waals surface area contributed by atoms with Crippen molar-refractivity contribution < 1.29 is 116 Å². The molecule has 0 unspecified atom stereocenters. The Balaban J connectivity index is -0.0000000482. The van der Waals surface area contributed by atoms with Gasteiger partial charge in [-0.15, -0.1) is 6.42 Å². The minimum Gasteiger partial charge on any atom is -0.790 e. The summed E-state index contributed by atoms with van der Waals surface area (Å²) in [5, 5.41) is 0. The van der Waals surface area contributed by atoms with Crippen LogP contribution < -0.4 is 68.9 Å². The first kappa shape index (κ1) is 43.4. The summed E-state index contributed by atoms with van der Waals surface area (Å²) in [6.45, 7) is 0.708. The third kappa shape index (κ3) is 32.3. The van der Waals surface area contributed by atoms with Crippen LogP contribution in [0.4, 0.5) is 0 Å². The molecule has 0 saturated carbocycles. The number of phosphoric acid groups is 1. The molecule has 0 aliphatic rings. The third-order valence-corrected chi connectivity index (χ3v) is 3.93. The van der Waals surface area contributed by atoms with Crippen LogP contribution in [0.3, 0.4) is 0 Å². The van der Waals surface area contributed by atoms with E-state index in [4.69, 9.17) is 15.9 Å². The standard InChI is InChI=1S/C26H23O8P.2Na.H2S.13H2/c1-3-5-7-9-10-11-12-13-14-15-17-18-20-25(27)32-22-24(23-33-35(29,30)31)34-26(28)21-19-16-8-6-4-2;;;;;;;;;;;;;;;;/h1,24H,4,6,8,16,19,21-23H2,2H3,(H2,29,30,31);;;1H2;13*1H/q;2*+1;;;;;;;;;;;;;;/p-2/t24-;;;;;;;;;;;;;;;;/m0................/s1. The molecule has 0 rings (SSSR count). The molecule has 0 fully saturated rings. The van der Waals surface area contributed by atoms with Gasteiger partial charge in [-0.2, -0.15) is 13.5 Å². The van der Waals surface area contributed by atoms with Gasteiger partial charge >= 0.3 is 71.1 Å². The number of carbonyl (C=O) groups is 2. The van der Waals surface area contributed by atoms with Gasteiger partial charge in [0.25, 0.3) is 0 Å². The van der Waals surface area contributed by atoms with E-state index in [1.807, 2.05) is 5.92 Å². The summed E-state index contributed by atoms with van der Waals surface area (Å²) in [5.74, 6) is 28.2. The number of rotatable bonds is 12. The van der Waals surface area contributed by atoms with Gasteiger partial charge in [0.15, 0.2) is 6.10 Å². The number of hydrogen-bond donors (Lipinski definition) is 0. The molecule has 0 bridgehead atoms. The van der Waals surface area contributed by atoms with Crippen LogP contribution in [0.1, 0.15) is 64.0 Å². The minimum absolute atomic E-state index is 0. The summed E-state index contributed by atoms with van der Waals surface area (Å²) >= 11 is 0. The van der Waals surface area contributed by atoms with Gasteiger partial charge in [0, 0.05) is 30.9 Å². The van der Waals surface area contributed by atoms with E-state index in [9.17, 15) is 23.9 Å². The Morgan fingerprint density at radius 2 is 1.34 bits per heavy atom. The van der Waals surface area contributed by atoms with Crippen molar-refractivity contribution in [1.82, 2.24) is 0 Å². The molecule has 0 aromatic heterocycles. The van der Waals surface area contributed by atoms with Crippen LogP contribution in [0.25, 0.3) is 0 Å². The third-order valence-electron chi connectivity index (χ3n) is 3.46. The fraction of sp³-hybridized carbons (Fsp3) is 0.385. The first-order chi connectivity index (χ1) is 16.8. The summed E-state index contributed by atoms with van der Waals surface area (Å²) in [6.07, 6.45) is 8.20. The van der Waals surface area contributed by atoms with Crippen LogP contribution in [-0.4, -0.2) is 31.3 Å². The number of ether oxygens (including phenoxy) is 2. The zero-order chi connectivity index (χ0) is 26.2. The molecule has 0 aliphatic carbocycles. The first-order valence-corrected chi connectivity index (χ1v) is 11.7. The van der Waals surface area contributed by atoms with E-state index >= 15 is 0 Å². The largest absolute Gasteiger partial charge is 1.00 e. The van der Waals surface area contributed by atoms with Crippen LogP contribution in [0.5, 0.6) is 0 Å². The van der Waals surface area contributed by atoms with Crippen molar-refractivity contribution in [2.75, 3.05) is 13.2 Å². The van der Waals surface area contributed by atoms with Crippen molar-refractivity contribution in [2.45, 2.75) is 51.6 Å². The van der Waals surface area contributed by atoms with E-state index in [1.54, 1.807) is 0 Å². The van der Waals surface area contributed by atoms with Gasteiger partial charge in [-0.25, -0.2) is 4.79 Å². The Morgan fingerprint density at radius 1 is 0.842 bits per heavy atom. The summed E-state index contributed by atoms with van der Waals surface area (Å²) in [7, 11) is -5.31. The maximum atomic E-state index is 11.9. The van der Waals surface area contributed by atoms with Gasteiger partial charge in [-0.05, 0) is 77.5 Å². The molecule has 12 heteroatoms. The molecule has 0 radical (unpaired) electrons. The molecule has 38 heavy (non-hydrogen) atoms. The quantitative estimate of drug-likeness (QED) is 0.0610. The van der Waals surface area contributed by atoms with E-state index in [0.717, 1.165) is 25.7 Å². The molecule has 0 spiro atoms. The van der Waals surface area contributed by atoms with Crippen molar-refractivity contribution in [3.8, 4) is 83.4 Å². The number of unbranched alkanes of at least 4 members (excludes halogenated alkanes) is 4. The molecule has 1 atom stereocenters. The van der Waals surface area contributed by atoms with E-state index in [1.165, 1.54) is 0 Å². The molecule has 8 nitrogen and oxygen atoms in total. The second-order valence-electron chi connectivity index (χ2n) is 6.26. The Kier molecular flexibility index (Phi) is 34.1. The minimum atomic E-state index is -5.31. The van der Waals surface area contributed by atoms with Crippen LogP contribution in [-0.2, 0) is 28.2 Å². The molecule has 0 aliphatic heterocycles. The average Bonchev–Trinajstić information content (AvgIpc) is 2.80. The van der Waals surface area contributed by atoms with Crippen molar-refractivity contribution in [1.29, 1.82) is 0 Å². The van der Waals surface area contributed by atoms with E-state index in [0.29, 0.717) is 6.42 Å². The summed E-state index contributed by atoms with van der Waals surface area (Å²) in [4.78, 5) is 45.0. The fourth-order valence-corrected chi connectivity index (χ4v) is 2.36. The molecule has 0 aromatic carbocycles. The van der Waals surface area contributed by atoms with Crippen LogP contribution in [0, 0.1) is 83.4 Å². The molecule has 0 amide bonds. The van der Waals surface area contributed by atoms with Crippen molar-refractivity contribution in [3.63, 3.8) is 0 Å². The monoisotopic (exact) mass is 598 g/mol. The number of hydrogen-bond acceptors (Lipinski definition) is 8. The fourth-order valence-electron chi connectivity index (χ4n) is 2.01. The summed E-state index contributed by atoms with van der Waals surface area (Å²) in [5.41, 5.74) is 0. The van der Waals surface area contributed by atoms with E-state index < -0.39 is 39.1 Å². The molecule has 0 N–H and O–H groups in total. The SMILES string of the molecule is C#CC#CC#CC#CC#CC#CC#CC(=O)OC[C@@H](COP(=O)([O-])[O-])OC(=O)CCCCCCC.S.[HH].[HH].[HH].[HH].[HH].[HH].[HH].[HH].[HH].[HH].[HH].[HH].[HH].[Na+].[Na+]. The zero-order valence-electron chi connectivity index (χ0n) is 21.5. The van der Waals surface area contributed by atoms with Gasteiger partial charge in [-0.1, -0.05) is 32.6 Å².